The van der Waals surface area contributed by atoms with Crippen LogP contribution in [0.4, 0.5) is 4.79 Å². The summed E-state index contributed by atoms with van der Waals surface area (Å²) in [5.41, 5.74) is 2.23. The number of ether oxygens (including phenoxy) is 2. The van der Waals surface area contributed by atoms with Crippen LogP contribution in [-0.4, -0.2) is 27.9 Å². The van der Waals surface area contributed by atoms with Crippen molar-refractivity contribution < 1.29 is 14.3 Å². The molecule has 1 atom stereocenters. The second-order valence-electron chi connectivity index (χ2n) is 7.59. The monoisotopic (exact) mass is 381 g/mol. The van der Waals surface area contributed by atoms with Crippen LogP contribution in [0.25, 0.3) is 16.7 Å². The van der Waals surface area contributed by atoms with E-state index in [-0.39, 0.29) is 6.04 Å². The van der Waals surface area contributed by atoms with Crippen molar-refractivity contribution in [3.63, 3.8) is 0 Å². The number of carbonyl (C=O) groups excluding carboxylic acids is 1. The van der Waals surface area contributed by atoms with Gasteiger partial charge in [0.05, 0.1) is 23.7 Å². The highest BCUT2D eigenvalue weighted by molar-refractivity contribution is 5.78. The quantitative estimate of drug-likeness (QED) is 0.675. The molecule has 0 spiro atoms. The number of rotatable bonds is 5. The van der Waals surface area contributed by atoms with E-state index in [1.165, 1.54) is 0 Å². The molecule has 0 unspecified atom stereocenters. The number of imidazole rings is 1. The normalized spacial score (nSPS) is 12.6. The fourth-order valence-corrected chi connectivity index (χ4v) is 3.01. The smallest absolute Gasteiger partial charge is 0.408 e. The number of fused-ring (bicyclic) bond motifs is 1. The number of nitrogens with one attached hydrogen (secondary N) is 1. The number of amides is 1. The van der Waals surface area contributed by atoms with Crippen LogP contribution in [0.5, 0.6) is 5.75 Å². The van der Waals surface area contributed by atoms with Crippen molar-refractivity contribution in [2.75, 3.05) is 6.61 Å². The third-order valence-corrected chi connectivity index (χ3v) is 4.11. The van der Waals surface area contributed by atoms with Crippen LogP contribution in [0.2, 0.25) is 0 Å². The van der Waals surface area contributed by atoms with Crippen LogP contribution >= 0.6 is 0 Å². The van der Waals surface area contributed by atoms with Crippen LogP contribution in [-0.2, 0) is 4.74 Å². The second-order valence-corrected chi connectivity index (χ2v) is 7.59. The minimum atomic E-state index is -0.557. The fraction of sp³-hybridized carbons (Fsp3) is 0.364. The molecule has 3 aromatic rings. The van der Waals surface area contributed by atoms with E-state index in [1.54, 1.807) is 0 Å². The summed E-state index contributed by atoms with van der Waals surface area (Å²) in [5.74, 6) is 1.55. The summed E-state index contributed by atoms with van der Waals surface area (Å²) >= 11 is 0. The first kappa shape index (κ1) is 19.7. The Kier molecular flexibility index (Phi) is 5.58. The summed E-state index contributed by atoms with van der Waals surface area (Å²) in [6.45, 7) is 10.00. The van der Waals surface area contributed by atoms with E-state index < -0.39 is 11.7 Å². The molecule has 28 heavy (non-hydrogen) atoms. The average molecular weight is 381 g/mol. The fourth-order valence-electron chi connectivity index (χ4n) is 3.01. The number of para-hydroxylation sites is 2. The van der Waals surface area contributed by atoms with Gasteiger partial charge in [-0.1, -0.05) is 12.1 Å². The Morgan fingerprint density at radius 3 is 2.46 bits per heavy atom. The minimum absolute atomic E-state index is 0.339. The third-order valence-electron chi connectivity index (χ3n) is 4.11. The summed E-state index contributed by atoms with van der Waals surface area (Å²) in [6, 6.07) is 15.4. The summed E-state index contributed by atoms with van der Waals surface area (Å²) in [6.07, 6.45) is -0.467. The molecule has 6 nitrogen and oxygen atoms in total. The van der Waals surface area contributed by atoms with Gasteiger partial charge in [0.1, 0.15) is 17.2 Å². The van der Waals surface area contributed by atoms with Crippen LogP contribution in [0.15, 0.2) is 48.5 Å². The lowest BCUT2D eigenvalue weighted by atomic mass is 10.2. The summed E-state index contributed by atoms with van der Waals surface area (Å²) in [5, 5.41) is 2.89. The lowest BCUT2D eigenvalue weighted by molar-refractivity contribution is 0.0505. The van der Waals surface area contributed by atoms with Crippen LogP contribution in [0.1, 0.15) is 46.5 Å². The topological polar surface area (TPSA) is 65.4 Å². The van der Waals surface area contributed by atoms with Gasteiger partial charge in [0.2, 0.25) is 0 Å². The van der Waals surface area contributed by atoms with Gasteiger partial charge >= 0.3 is 6.09 Å². The number of hydrogen-bond acceptors (Lipinski definition) is 4. The molecule has 0 saturated carbocycles. The first-order valence-corrected chi connectivity index (χ1v) is 9.48. The summed E-state index contributed by atoms with van der Waals surface area (Å²) in [4.78, 5) is 17.0. The Hall–Kier alpha value is -3.02. The SMILES string of the molecule is CCOc1ccc(-n2c([C@@H](C)NC(=O)OC(C)(C)C)nc3ccccc32)cc1. The molecule has 0 radical (unpaired) electrons. The van der Waals surface area contributed by atoms with Gasteiger partial charge in [0, 0.05) is 5.69 Å². The molecule has 0 aliphatic rings. The van der Waals surface area contributed by atoms with Crippen LogP contribution in [0.3, 0.4) is 0 Å². The molecule has 1 aromatic heterocycles. The zero-order chi connectivity index (χ0) is 20.3. The zero-order valence-corrected chi connectivity index (χ0v) is 17.0. The molecule has 6 heteroatoms. The Balaban J connectivity index is 1.98. The molecule has 148 valence electrons. The molecule has 1 amide bonds. The van der Waals surface area contributed by atoms with Crippen molar-refractivity contribution in [3.05, 3.63) is 54.4 Å². The number of benzene rings is 2. The molecule has 0 fully saturated rings. The maximum atomic E-state index is 12.2. The highest BCUT2D eigenvalue weighted by Gasteiger charge is 2.22. The minimum Gasteiger partial charge on any atom is -0.494 e. The van der Waals surface area contributed by atoms with Gasteiger partial charge in [0.25, 0.3) is 0 Å². The molecule has 0 aliphatic heterocycles. The number of carbonyl (C=O) groups is 1. The number of aromatic nitrogens is 2. The van der Waals surface area contributed by atoms with E-state index >= 15 is 0 Å². The number of alkyl carbamates (subject to hydrolysis) is 1. The molecule has 0 aliphatic carbocycles. The first-order chi connectivity index (χ1) is 13.3. The first-order valence-electron chi connectivity index (χ1n) is 9.48. The van der Waals surface area contributed by atoms with E-state index in [2.05, 4.69) is 5.32 Å². The average Bonchev–Trinajstić information content (AvgIpc) is 3.01. The summed E-state index contributed by atoms with van der Waals surface area (Å²) < 4.78 is 13.0. The van der Waals surface area contributed by atoms with E-state index in [0.29, 0.717) is 6.61 Å². The van der Waals surface area contributed by atoms with Gasteiger partial charge < -0.3 is 14.8 Å². The van der Waals surface area contributed by atoms with Gasteiger partial charge in [-0.25, -0.2) is 9.78 Å². The van der Waals surface area contributed by atoms with Crippen molar-refractivity contribution >= 4 is 17.1 Å². The predicted molar refractivity (Wildman–Crippen MR) is 110 cm³/mol. The van der Waals surface area contributed by atoms with Crippen molar-refractivity contribution in [2.24, 2.45) is 0 Å². The summed E-state index contributed by atoms with van der Waals surface area (Å²) in [7, 11) is 0. The molecular formula is C22H27N3O3. The van der Waals surface area contributed by atoms with Gasteiger partial charge in [-0.2, -0.15) is 0 Å². The predicted octanol–water partition coefficient (Wildman–Crippen LogP) is 5.01. The van der Waals surface area contributed by atoms with Gasteiger partial charge in [-0.05, 0) is 71.0 Å². The van der Waals surface area contributed by atoms with E-state index in [0.717, 1.165) is 28.3 Å². The number of nitrogens with zero attached hydrogens (tertiary/aromatic N) is 2. The van der Waals surface area contributed by atoms with Gasteiger partial charge in [0.15, 0.2) is 0 Å². The van der Waals surface area contributed by atoms with Gasteiger partial charge in [-0.3, -0.25) is 4.57 Å². The largest absolute Gasteiger partial charge is 0.494 e. The zero-order valence-electron chi connectivity index (χ0n) is 17.0. The third kappa shape index (κ3) is 4.44. The van der Waals surface area contributed by atoms with E-state index in [4.69, 9.17) is 14.5 Å². The molecular weight excluding hydrogens is 354 g/mol. The highest BCUT2D eigenvalue weighted by Crippen LogP contribution is 2.26. The molecule has 1 N–H and O–H groups in total. The van der Waals surface area contributed by atoms with Crippen molar-refractivity contribution in [3.8, 4) is 11.4 Å². The maximum Gasteiger partial charge on any atom is 0.408 e. The lowest BCUT2D eigenvalue weighted by Gasteiger charge is -2.22. The van der Waals surface area contributed by atoms with E-state index in [1.807, 2.05) is 87.7 Å². The molecule has 1 heterocycles. The maximum absolute atomic E-state index is 12.2. The van der Waals surface area contributed by atoms with Crippen molar-refractivity contribution in [1.82, 2.24) is 14.9 Å². The Morgan fingerprint density at radius 2 is 1.82 bits per heavy atom. The van der Waals surface area contributed by atoms with E-state index in [9.17, 15) is 4.79 Å². The Morgan fingerprint density at radius 1 is 1.14 bits per heavy atom. The standard InChI is InChI=1S/C22H27N3O3/c1-6-27-17-13-11-16(12-14-17)25-19-10-8-7-9-18(19)24-20(25)15(2)23-21(26)28-22(3,4)5/h7-15H,6H2,1-5H3,(H,23,26)/t15-/m1/s1. The van der Waals surface area contributed by atoms with Gasteiger partial charge in [-0.15, -0.1) is 0 Å². The lowest BCUT2D eigenvalue weighted by Crippen LogP contribution is -2.34. The van der Waals surface area contributed by atoms with Crippen molar-refractivity contribution in [1.29, 1.82) is 0 Å². The van der Waals surface area contributed by atoms with Crippen LogP contribution in [0, 0.1) is 0 Å². The van der Waals surface area contributed by atoms with Crippen LogP contribution < -0.4 is 10.1 Å². The molecule has 0 saturated heterocycles. The highest BCUT2D eigenvalue weighted by atomic mass is 16.6. The number of hydrogen-bond donors (Lipinski definition) is 1. The Bertz CT molecular complexity index is 955. The second kappa shape index (κ2) is 7.92. The molecule has 3 rings (SSSR count). The molecule has 0 bridgehead atoms. The Labute approximate surface area is 165 Å². The van der Waals surface area contributed by atoms with Crippen molar-refractivity contribution in [2.45, 2.75) is 46.3 Å². The molecule has 2 aromatic carbocycles.